The van der Waals surface area contributed by atoms with Crippen LogP contribution >= 0.6 is 0 Å². The largest absolute Gasteiger partial charge is 0.332 e. The first-order valence-electron chi connectivity index (χ1n) is 10.4. The molecule has 172 valence electrons. The van der Waals surface area contributed by atoms with E-state index >= 15 is 0 Å². The van der Waals surface area contributed by atoms with Crippen molar-refractivity contribution in [2.24, 2.45) is 0 Å². The summed E-state index contributed by atoms with van der Waals surface area (Å²) in [5.74, 6) is -0.291. The van der Waals surface area contributed by atoms with Crippen LogP contribution in [0, 0.1) is 17.0 Å². The van der Waals surface area contributed by atoms with Gasteiger partial charge in [0, 0.05) is 36.2 Å². The van der Waals surface area contributed by atoms with E-state index in [0.717, 1.165) is 16.9 Å². The third kappa shape index (κ3) is 5.43. The second kappa shape index (κ2) is 9.23. The van der Waals surface area contributed by atoms with Crippen LogP contribution in [-0.2, 0) is 10.2 Å². The Morgan fingerprint density at radius 1 is 1.12 bits per heavy atom. The summed E-state index contributed by atoms with van der Waals surface area (Å²) < 4.78 is 1.70. The number of hydrogen-bond donors (Lipinski definition) is 1. The van der Waals surface area contributed by atoms with Gasteiger partial charge < -0.3 is 10.2 Å². The molecule has 2 aromatic carbocycles. The third-order valence-electron chi connectivity index (χ3n) is 5.14. The van der Waals surface area contributed by atoms with Crippen molar-refractivity contribution in [2.75, 3.05) is 18.9 Å². The van der Waals surface area contributed by atoms with E-state index in [1.807, 2.05) is 58.0 Å². The Morgan fingerprint density at radius 2 is 1.76 bits per heavy atom. The number of likely N-dealkylation sites (N-methyl/N-ethyl adjacent to an activating group) is 1. The molecule has 0 bridgehead atoms. The van der Waals surface area contributed by atoms with E-state index in [4.69, 9.17) is 5.10 Å². The molecule has 0 spiro atoms. The van der Waals surface area contributed by atoms with Gasteiger partial charge in [0.2, 0.25) is 5.91 Å². The SMILES string of the molecule is Cc1ccccc1-n1nc(C(C)(C)C)cc1NC(=O)CN(C)C(=O)c1ccc([N+](=O)[O-])cc1. The van der Waals surface area contributed by atoms with Gasteiger partial charge in [-0.15, -0.1) is 0 Å². The normalized spacial score (nSPS) is 11.2. The summed E-state index contributed by atoms with van der Waals surface area (Å²) in [4.78, 5) is 37.0. The molecule has 3 aromatic rings. The van der Waals surface area contributed by atoms with Gasteiger partial charge in [-0.2, -0.15) is 5.10 Å². The lowest BCUT2D eigenvalue weighted by atomic mass is 9.92. The van der Waals surface area contributed by atoms with Crippen LogP contribution in [-0.4, -0.2) is 45.0 Å². The maximum Gasteiger partial charge on any atom is 0.269 e. The van der Waals surface area contributed by atoms with Gasteiger partial charge in [-0.1, -0.05) is 39.0 Å². The fourth-order valence-electron chi connectivity index (χ4n) is 3.24. The highest BCUT2D eigenvalue weighted by Crippen LogP contribution is 2.27. The molecular formula is C24H27N5O4. The fraction of sp³-hybridized carbons (Fsp3) is 0.292. The number of hydrogen-bond acceptors (Lipinski definition) is 5. The van der Waals surface area contributed by atoms with Crippen molar-refractivity contribution in [3.05, 3.63) is 81.5 Å². The molecule has 1 heterocycles. The molecule has 1 N–H and O–H groups in total. The summed E-state index contributed by atoms with van der Waals surface area (Å²) in [5.41, 5.74) is 2.59. The molecule has 9 nitrogen and oxygen atoms in total. The Kier molecular flexibility index (Phi) is 6.62. The Labute approximate surface area is 192 Å². The van der Waals surface area contributed by atoms with Crippen molar-refractivity contribution in [3.63, 3.8) is 0 Å². The molecule has 0 unspecified atom stereocenters. The lowest BCUT2D eigenvalue weighted by molar-refractivity contribution is -0.384. The average molecular weight is 450 g/mol. The highest BCUT2D eigenvalue weighted by Gasteiger charge is 2.23. The minimum absolute atomic E-state index is 0.105. The number of rotatable bonds is 6. The Bertz CT molecular complexity index is 1190. The Morgan fingerprint density at radius 3 is 2.33 bits per heavy atom. The summed E-state index contributed by atoms with van der Waals surface area (Å²) in [6, 6.07) is 14.8. The first-order chi connectivity index (χ1) is 15.5. The fourth-order valence-corrected chi connectivity index (χ4v) is 3.24. The number of benzene rings is 2. The van der Waals surface area contributed by atoms with Crippen LogP contribution < -0.4 is 5.32 Å². The quantitative estimate of drug-likeness (QED) is 0.450. The molecule has 0 fully saturated rings. The van der Waals surface area contributed by atoms with E-state index in [0.29, 0.717) is 5.82 Å². The molecule has 33 heavy (non-hydrogen) atoms. The van der Waals surface area contributed by atoms with Gasteiger partial charge in [-0.3, -0.25) is 19.7 Å². The Hall–Kier alpha value is -4.01. The zero-order valence-electron chi connectivity index (χ0n) is 19.3. The van der Waals surface area contributed by atoms with Crippen molar-refractivity contribution in [1.29, 1.82) is 0 Å². The van der Waals surface area contributed by atoms with Gasteiger partial charge in [0.1, 0.15) is 5.82 Å². The number of nitro groups is 1. The Balaban J connectivity index is 1.79. The van der Waals surface area contributed by atoms with Crippen molar-refractivity contribution in [1.82, 2.24) is 14.7 Å². The highest BCUT2D eigenvalue weighted by molar-refractivity contribution is 5.99. The van der Waals surface area contributed by atoms with E-state index in [2.05, 4.69) is 5.32 Å². The number of aromatic nitrogens is 2. The summed E-state index contributed by atoms with van der Waals surface area (Å²) in [5, 5.41) is 18.4. The highest BCUT2D eigenvalue weighted by atomic mass is 16.6. The number of nitrogens with zero attached hydrogens (tertiary/aromatic N) is 4. The van der Waals surface area contributed by atoms with Gasteiger partial charge in [0.15, 0.2) is 0 Å². The number of carbonyl (C=O) groups is 2. The maximum atomic E-state index is 12.8. The smallest absolute Gasteiger partial charge is 0.269 e. The standard InChI is InChI=1S/C24H27N5O4/c1-16-8-6-7-9-19(16)28-21(14-20(26-28)24(2,3)4)25-22(30)15-27(5)23(31)17-10-12-18(13-11-17)29(32)33/h6-14H,15H2,1-5H3,(H,25,30). The number of non-ortho nitro benzene ring substituents is 1. The molecule has 0 radical (unpaired) electrons. The number of para-hydroxylation sites is 1. The molecular weight excluding hydrogens is 422 g/mol. The van der Waals surface area contributed by atoms with Crippen LogP contribution in [0.2, 0.25) is 0 Å². The number of amides is 2. The molecule has 9 heteroatoms. The van der Waals surface area contributed by atoms with E-state index in [1.54, 1.807) is 4.68 Å². The van der Waals surface area contributed by atoms with Crippen LogP contribution in [0.5, 0.6) is 0 Å². The number of nitrogens with one attached hydrogen (secondary N) is 1. The maximum absolute atomic E-state index is 12.8. The molecule has 3 rings (SSSR count). The van der Waals surface area contributed by atoms with Crippen molar-refractivity contribution < 1.29 is 14.5 Å². The zero-order valence-corrected chi connectivity index (χ0v) is 19.3. The molecule has 0 aliphatic carbocycles. The second-order valence-electron chi connectivity index (χ2n) is 8.88. The third-order valence-corrected chi connectivity index (χ3v) is 5.14. The molecule has 2 amide bonds. The van der Waals surface area contributed by atoms with Gasteiger partial charge in [-0.05, 0) is 30.7 Å². The van der Waals surface area contributed by atoms with Crippen LogP contribution in [0.3, 0.4) is 0 Å². The monoisotopic (exact) mass is 449 g/mol. The van der Waals surface area contributed by atoms with Crippen molar-refractivity contribution in [2.45, 2.75) is 33.1 Å². The number of anilines is 1. The predicted molar refractivity (Wildman–Crippen MR) is 126 cm³/mol. The number of carbonyl (C=O) groups excluding carboxylic acids is 2. The number of aryl methyl sites for hydroxylation is 1. The number of nitro benzene ring substituents is 1. The summed E-state index contributed by atoms with van der Waals surface area (Å²) in [6.45, 7) is 7.90. The molecule has 0 aliphatic heterocycles. The van der Waals surface area contributed by atoms with Gasteiger partial charge >= 0.3 is 0 Å². The molecule has 0 aliphatic rings. The van der Waals surface area contributed by atoms with Crippen LogP contribution in [0.1, 0.15) is 42.4 Å². The lowest BCUT2D eigenvalue weighted by Crippen LogP contribution is -2.35. The summed E-state index contributed by atoms with van der Waals surface area (Å²) in [7, 11) is 1.50. The van der Waals surface area contributed by atoms with Gasteiger partial charge in [0.25, 0.3) is 11.6 Å². The predicted octanol–water partition coefficient (Wildman–Crippen LogP) is 4.10. The minimum Gasteiger partial charge on any atom is -0.332 e. The minimum atomic E-state index is -0.533. The van der Waals surface area contributed by atoms with E-state index < -0.39 is 10.8 Å². The van der Waals surface area contributed by atoms with E-state index in [9.17, 15) is 19.7 Å². The first-order valence-corrected chi connectivity index (χ1v) is 10.4. The van der Waals surface area contributed by atoms with Crippen LogP contribution in [0.4, 0.5) is 11.5 Å². The van der Waals surface area contributed by atoms with Crippen LogP contribution in [0.15, 0.2) is 54.6 Å². The van der Waals surface area contributed by atoms with Crippen molar-refractivity contribution >= 4 is 23.3 Å². The second-order valence-corrected chi connectivity index (χ2v) is 8.88. The molecule has 1 aromatic heterocycles. The van der Waals surface area contributed by atoms with Crippen molar-refractivity contribution in [3.8, 4) is 5.69 Å². The first kappa shape index (κ1) is 23.6. The lowest BCUT2D eigenvalue weighted by Gasteiger charge is -2.17. The van der Waals surface area contributed by atoms with E-state index in [-0.39, 0.29) is 29.1 Å². The summed E-state index contributed by atoms with van der Waals surface area (Å²) in [6.07, 6.45) is 0. The van der Waals surface area contributed by atoms with Gasteiger partial charge in [-0.25, -0.2) is 4.68 Å². The average Bonchev–Trinajstić information content (AvgIpc) is 3.17. The topological polar surface area (TPSA) is 110 Å². The zero-order chi connectivity index (χ0) is 24.3. The molecule has 0 saturated heterocycles. The summed E-state index contributed by atoms with van der Waals surface area (Å²) >= 11 is 0. The molecule has 0 saturated carbocycles. The van der Waals surface area contributed by atoms with Gasteiger partial charge in [0.05, 0.1) is 22.8 Å². The van der Waals surface area contributed by atoms with Crippen LogP contribution in [0.25, 0.3) is 5.69 Å². The molecule has 0 atom stereocenters. The van der Waals surface area contributed by atoms with E-state index in [1.165, 1.54) is 36.2 Å².